The largest absolute Gasteiger partial charge is 0.387 e. The molecular formula is C17H19N3O5. The molecule has 0 aliphatic carbocycles. The summed E-state index contributed by atoms with van der Waals surface area (Å²) < 4.78 is 0. The van der Waals surface area contributed by atoms with E-state index in [2.05, 4.69) is 10.3 Å². The number of aromatic amines is 1. The van der Waals surface area contributed by atoms with Crippen molar-refractivity contribution >= 4 is 17.4 Å². The normalized spacial score (nSPS) is 11.8. The van der Waals surface area contributed by atoms with E-state index in [-0.39, 0.29) is 23.7 Å². The Morgan fingerprint density at radius 3 is 2.36 bits per heavy atom. The molecule has 8 nitrogen and oxygen atoms in total. The smallest absolute Gasteiger partial charge is 0.269 e. The number of nitro groups is 1. The topological polar surface area (TPSA) is 125 Å². The van der Waals surface area contributed by atoms with E-state index in [4.69, 9.17) is 0 Å². The molecule has 0 spiro atoms. The zero-order valence-electron chi connectivity index (χ0n) is 14.1. The zero-order chi connectivity index (χ0) is 18.7. The van der Waals surface area contributed by atoms with E-state index in [1.54, 1.807) is 13.8 Å². The third kappa shape index (κ3) is 3.92. The highest BCUT2D eigenvalue weighted by atomic mass is 16.6. The first-order chi connectivity index (χ1) is 11.7. The van der Waals surface area contributed by atoms with Crippen LogP contribution in [0.15, 0.2) is 24.3 Å². The Hall–Kier alpha value is -3.00. The first-order valence-electron chi connectivity index (χ1n) is 7.63. The van der Waals surface area contributed by atoms with Crippen molar-refractivity contribution in [1.82, 2.24) is 10.3 Å². The van der Waals surface area contributed by atoms with Gasteiger partial charge in [-0.05, 0) is 44.0 Å². The van der Waals surface area contributed by atoms with E-state index in [0.29, 0.717) is 22.4 Å². The molecule has 1 amide bonds. The predicted molar refractivity (Wildman–Crippen MR) is 90.7 cm³/mol. The van der Waals surface area contributed by atoms with Crippen molar-refractivity contribution in [3.63, 3.8) is 0 Å². The van der Waals surface area contributed by atoms with Crippen LogP contribution in [0.3, 0.4) is 0 Å². The van der Waals surface area contributed by atoms with Gasteiger partial charge in [-0.3, -0.25) is 19.7 Å². The highest BCUT2D eigenvalue weighted by molar-refractivity contribution is 6.02. The Kier molecular flexibility index (Phi) is 5.33. The minimum Gasteiger partial charge on any atom is -0.387 e. The molecule has 1 atom stereocenters. The lowest BCUT2D eigenvalue weighted by atomic mass is 10.1. The Morgan fingerprint density at radius 1 is 1.28 bits per heavy atom. The minimum absolute atomic E-state index is 0.0659. The van der Waals surface area contributed by atoms with Gasteiger partial charge in [0, 0.05) is 29.9 Å². The number of ketones is 1. The maximum atomic E-state index is 12.3. The van der Waals surface area contributed by atoms with Crippen molar-refractivity contribution in [3.8, 4) is 0 Å². The number of H-pyrrole nitrogens is 1. The van der Waals surface area contributed by atoms with E-state index in [1.807, 2.05) is 0 Å². The van der Waals surface area contributed by atoms with Gasteiger partial charge in [-0.25, -0.2) is 0 Å². The lowest BCUT2D eigenvalue weighted by molar-refractivity contribution is -0.384. The van der Waals surface area contributed by atoms with Gasteiger partial charge < -0.3 is 15.4 Å². The number of rotatable bonds is 6. The van der Waals surface area contributed by atoms with Gasteiger partial charge >= 0.3 is 0 Å². The molecular weight excluding hydrogens is 326 g/mol. The number of carbonyl (C=O) groups is 2. The predicted octanol–water partition coefficient (Wildman–Crippen LogP) is 2.21. The first-order valence-corrected chi connectivity index (χ1v) is 7.63. The Labute approximate surface area is 144 Å². The van der Waals surface area contributed by atoms with Crippen LogP contribution in [0.4, 0.5) is 5.69 Å². The SMILES string of the molecule is CC(=O)c1c(C)[nH]c(C(=O)NC[C@@H](O)c2ccc([N+](=O)[O-])cc2)c1C. The van der Waals surface area contributed by atoms with E-state index in [1.165, 1.54) is 31.2 Å². The molecule has 0 aliphatic rings. The summed E-state index contributed by atoms with van der Waals surface area (Å²) in [5.41, 5.74) is 2.32. The summed E-state index contributed by atoms with van der Waals surface area (Å²) in [7, 11) is 0. The molecule has 132 valence electrons. The van der Waals surface area contributed by atoms with Gasteiger partial charge in [0.15, 0.2) is 5.78 Å². The average Bonchev–Trinajstić information content (AvgIpc) is 2.87. The van der Waals surface area contributed by atoms with Crippen LogP contribution in [0, 0.1) is 24.0 Å². The van der Waals surface area contributed by atoms with Gasteiger partial charge in [0.2, 0.25) is 0 Å². The number of amides is 1. The molecule has 0 fully saturated rings. The number of aliphatic hydroxyl groups is 1. The van der Waals surface area contributed by atoms with Crippen molar-refractivity contribution in [2.75, 3.05) is 6.54 Å². The van der Waals surface area contributed by atoms with E-state index in [0.717, 1.165) is 0 Å². The summed E-state index contributed by atoms with van der Waals surface area (Å²) in [6, 6.07) is 5.45. The maximum Gasteiger partial charge on any atom is 0.269 e. The van der Waals surface area contributed by atoms with Crippen LogP contribution >= 0.6 is 0 Å². The number of nitrogens with zero attached hydrogens (tertiary/aromatic N) is 1. The van der Waals surface area contributed by atoms with Gasteiger partial charge in [0.1, 0.15) is 5.69 Å². The number of hydrogen-bond donors (Lipinski definition) is 3. The molecule has 1 heterocycles. The second-order valence-electron chi connectivity index (χ2n) is 5.76. The van der Waals surface area contributed by atoms with Gasteiger partial charge in [-0.2, -0.15) is 0 Å². The Balaban J connectivity index is 2.05. The maximum absolute atomic E-state index is 12.3. The first kappa shape index (κ1) is 18.3. The summed E-state index contributed by atoms with van der Waals surface area (Å²) in [6.45, 7) is 4.76. The average molecular weight is 345 g/mol. The number of nitro benzene ring substituents is 1. The quantitative estimate of drug-likeness (QED) is 0.420. The second-order valence-corrected chi connectivity index (χ2v) is 5.76. The molecule has 2 aromatic rings. The second kappa shape index (κ2) is 7.27. The standard InChI is InChI=1S/C17H19N3O5/c1-9-15(11(3)21)10(2)19-16(9)17(23)18-8-14(22)12-4-6-13(7-5-12)20(24)25/h4-7,14,19,22H,8H2,1-3H3,(H,18,23)/t14-/m1/s1. The van der Waals surface area contributed by atoms with Crippen LogP contribution in [-0.4, -0.2) is 33.2 Å². The molecule has 1 aromatic heterocycles. The molecule has 1 aromatic carbocycles. The third-order valence-electron chi connectivity index (χ3n) is 3.96. The van der Waals surface area contributed by atoms with Crippen LogP contribution < -0.4 is 5.32 Å². The van der Waals surface area contributed by atoms with Gasteiger partial charge in [0.25, 0.3) is 11.6 Å². The van der Waals surface area contributed by atoms with Gasteiger partial charge in [-0.15, -0.1) is 0 Å². The molecule has 25 heavy (non-hydrogen) atoms. The van der Waals surface area contributed by atoms with Gasteiger partial charge in [-0.1, -0.05) is 0 Å². The number of hydrogen-bond acceptors (Lipinski definition) is 5. The zero-order valence-corrected chi connectivity index (χ0v) is 14.1. The third-order valence-corrected chi connectivity index (χ3v) is 3.96. The monoisotopic (exact) mass is 345 g/mol. The molecule has 0 saturated carbocycles. The fourth-order valence-corrected chi connectivity index (χ4v) is 2.72. The van der Waals surface area contributed by atoms with Crippen molar-refractivity contribution in [1.29, 1.82) is 0 Å². The summed E-state index contributed by atoms with van der Waals surface area (Å²) in [5, 5.41) is 23.3. The van der Waals surface area contributed by atoms with Crippen LogP contribution in [0.5, 0.6) is 0 Å². The molecule has 0 bridgehead atoms. The molecule has 0 unspecified atom stereocenters. The molecule has 0 aliphatic heterocycles. The van der Waals surface area contributed by atoms with Crippen LogP contribution in [-0.2, 0) is 0 Å². The number of nitrogens with one attached hydrogen (secondary N) is 2. The van der Waals surface area contributed by atoms with E-state index in [9.17, 15) is 24.8 Å². The fourth-order valence-electron chi connectivity index (χ4n) is 2.72. The molecule has 0 radical (unpaired) electrons. The fraction of sp³-hybridized carbons (Fsp3) is 0.294. The summed E-state index contributed by atoms with van der Waals surface area (Å²) in [6.07, 6.45) is -1.01. The number of benzene rings is 1. The number of Topliss-reactive ketones (excluding diaryl/α,β-unsaturated/α-hetero) is 1. The minimum atomic E-state index is -1.01. The number of carbonyl (C=O) groups excluding carboxylic acids is 2. The van der Waals surface area contributed by atoms with Crippen LogP contribution in [0.1, 0.15) is 50.7 Å². The summed E-state index contributed by atoms with van der Waals surface area (Å²) in [4.78, 5) is 36.9. The molecule has 3 N–H and O–H groups in total. The number of aromatic nitrogens is 1. The van der Waals surface area contributed by atoms with E-state index >= 15 is 0 Å². The van der Waals surface area contributed by atoms with Crippen LogP contribution in [0.25, 0.3) is 0 Å². The Bertz CT molecular complexity index is 824. The Morgan fingerprint density at radius 2 is 1.88 bits per heavy atom. The molecule has 8 heteroatoms. The highest BCUT2D eigenvalue weighted by Gasteiger charge is 2.20. The van der Waals surface area contributed by atoms with Crippen LogP contribution in [0.2, 0.25) is 0 Å². The van der Waals surface area contributed by atoms with Crippen molar-refractivity contribution in [3.05, 3.63) is 62.5 Å². The molecule has 2 rings (SSSR count). The summed E-state index contributed by atoms with van der Waals surface area (Å²) in [5.74, 6) is -0.565. The summed E-state index contributed by atoms with van der Waals surface area (Å²) >= 11 is 0. The molecule has 0 saturated heterocycles. The lowest BCUT2D eigenvalue weighted by Gasteiger charge is -2.12. The van der Waals surface area contributed by atoms with Gasteiger partial charge in [0.05, 0.1) is 11.0 Å². The van der Waals surface area contributed by atoms with E-state index < -0.39 is 16.9 Å². The number of non-ortho nitro benzene ring substituents is 1. The van der Waals surface area contributed by atoms with Crippen molar-refractivity contribution < 1.29 is 19.6 Å². The highest BCUT2D eigenvalue weighted by Crippen LogP contribution is 2.20. The van der Waals surface area contributed by atoms with Crippen molar-refractivity contribution in [2.45, 2.75) is 26.9 Å². The number of aryl methyl sites for hydroxylation is 1. The van der Waals surface area contributed by atoms with Crippen molar-refractivity contribution in [2.24, 2.45) is 0 Å². The number of aliphatic hydroxyl groups excluding tert-OH is 1. The lowest BCUT2D eigenvalue weighted by Crippen LogP contribution is -2.29.